The summed E-state index contributed by atoms with van der Waals surface area (Å²) in [5, 5.41) is 8.94. The summed E-state index contributed by atoms with van der Waals surface area (Å²) in [5.74, 6) is 0. The van der Waals surface area contributed by atoms with E-state index in [1.165, 1.54) is 24.0 Å². The van der Waals surface area contributed by atoms with Crippen molar-refractivity contribution in [2.24, 2.45) is 0 Å². The van der Waals surface area contributed by atoms with Gasteiger partial charge in [-0.15, -0.1) is 0 Å². The molecule has 2 fully saturated rings. The predicted molar refractivity (Wildman–Crippen MR) is 80.7 cm³/mol. The first-order valence-corrected chi connectivity index (χ1v) is 7.55. The molecular formula is C19H17NO. The molecule has 1 saturated heterocycles. The summed E-state index contributed by atoms with van der Waals surface area (Å²) in [6.07, 6.45) is 4.04. The highest BCUT2D eigenvalue weighted by Crippen LogP contribution is 2.60. The Balaban J connectivity index is 1.74. The average Bonchev–Trinajstić information content (AvgIpc) is 2.86. The zero-order valence-electron chi connectivity index (χ0n) is 11.8. The molecule has 0 aromatic heterocycles. The van der Waals surface area contributed by atoms with Crippen LogP contribution < -0.4 is 0 Å². The fraction of sp³-hybridized carbons (Fsp3) is 0.316. The fourth-order valence-electron chi connectivity index (χ4n) is 4.04. The van der Waals surface area contributed by atoms with E-state index in [0.717, 1.165) is 6.42 Å². The quantitative estimate of drug-likeness (QED) is 0.826. The van der Waals surface area contributed by atoms with Gasteiger partial charge < -0.3 is 4.74 Å². The van der Waals surface area contributed by atoms with Crippen LogP contribution in [0.1, 0.15) is 42.1 Å². The zero-order chi connectivity index (χ0) is 14.3. The third-order valence-corrected chi connectivity index (χ3v) is 5.05. The summed E-state index contributed by atoms with van der Waals surface area (Å²) in [7, 11) is 0. The number of fused-ring (bicyclic) bond motifs is 1. The van der Waals surface area contributed by atoms with Gasteiger partial charge in [-0.2, -0.15) is 5.26 Å². The Hall–Kier alpha value is -2.11. The first-order valence-electron chi connectivity index (χ1n) is 7.55. The van der Waals surface area contributed by atoms with Gasteiger partial charge >= 0.3 is 0 Å². The second kappa shape index (κ2) is 4.72. The Morgan fingerprint density at radius 2 is 1.81 bits per heavy atom. The standard InChI is InChI=1S/C19H17NO/c20-13-14-8-10-15(11-9-14)18-19(12-4-7-17(19)21-18)16-5-2-1-3-6-16/h1-3,5-6,8-11,17-18H,4,7,12H2/t17-,18-,19-/m1/s1. The largest absolute Gasteiger partial charge is 0.368 e. The predicted octanol–water partition coefficient (Wildman–Crippen LogP) is 4.12. The maximum atomic E-state index is 8.94. The lowest BCUT2D eigenvalue weighted by molar-refractivity contribution is -0.194. The molecule has 2 aliphatic rings. The van der Waals surface area contributed by atoms with E-state index in [0.29, 0.717) is 11.7 Å². The molecule has 2 aromatic rings. The Labute approximate surface area is 125 Å². The van der Waals surface area contributed by atoms with Gasteiger partial charge in [-0.3, -0.25) is 0 Å². The van der Waals surface area contributed by atoms with E-state index in [9.17, 15) is 0 Å². The van der Waals surface area contributed by atoms with Crippen molar-refractivity contribution in [1.82, 2.24) is 0 Å². The Morgan fingerprint density at radius 1 is 1.05 bits per heavy atom. The van der Waals surface area contributed by atoms with Crippen LogP contribution in [0.3, 0.4) is 0 Å². The molecule has 1 saturated carbocycles. The molecule has 104 valence electrons. The van der Waals surface area contributed by atoms with Crippen LogP contribution in [0.5, 0.6) is 0 Å². The molecule has 2 heteroatoms. The number of benzene rings is 2. The smallest absolute Gasteiger partial charge is 0.0991 e. The van der Waals surface area contributed by atoms with Crippen molar-refractivity contribution in [3.8, 4) is 6.07 Å². The molecule has 1 aliphatic heterocycles. The van der Waals surface area contributed by atoms with Crippen LogP contribution in [0.4, 0.5) is 0 Å². The molecule has 0 spiro atoms. The first-order chi connectivity index (χ1) is 10.3. The maximum Gasteiger partial charge on any atom is 0.0991 e. The van der Waals surface area contributed by atoms with E-state index >= 15 is 0 Å². The SMILES string of the molecule is N#Cc1ccc([C@H]2O[C@@H]3CCC[C@]23c2ccccc2)cc1. The Bertz CT molecular complexity index is 686. The van der Waals surface area contributed by atoms with Crippen molar-refractivity contribution >= 4 is 0 Å². The molecule has 2 aromatic carbocycles. The second-order valence-corrected chi connectivity index (χ2v) is 6.04. The van der Waals surface area contributed by atoms with Crippen LogP contribution in [0.15, 0.2) is 54.6 Å². The fourth-order valence-corrected chi connectivity index (χ4v) is 4.04. The van der Waals surface area contributed by atoms with Gasteiger partial charge in [0.15, 0.2) is 0 Å². The molecule has 0 N–H and O–H groups in total. The Kier molecular flexibility index (Phi) is 2.83. The van der Waals surface area contributed by atoms with Gasteiger partial charge in [0, 0.05) is 0 Å². The molecule has 3 atom stereocenters. The van der Waals surface area contributed by atoms with Gasteiger partial charge in [0.2, 0.25) is 0 Å². The summed E-state index contributed by atoms with van der Waals surface area (Å²) in [6.45, 7) is 0. The lowest BCUT2D eigenvalue weighted by Gasteiger charge is -2.53. The molecule has 1 aliphatic carbocycles. The van der Waals surface area contributed by atoms with E-state index in [4.69, 9.17) is 10.00 Å². The van der Waals surface area contributed by atoms with E-state index < -0.39 is 0 Å². The minimum atomic E-state index is 0.125. The minimum absolute atomic E-state index is 0.125. The highest BCUT2D eigenvalue weighted by Gasteiger charge is 2.60. The van der Waals surface area contributed by atoms with E-state index in [-0.39, 0.29) is 11.5 Å². The van der Waals surface area contributed by atoms with Crippen molar-refractivity contribution in [3.63, 3.8) is 0 Å². The molecule has 0 unspecified atom stereocenters. The number of nitriles is 1. The van der Waals surface area contributed by atoms with Crippen LogP contribution in [-0.2, 0) is 10.2 Å². The van der Waals surface area contributed by atoms with Crippen molar-refractivity contribution in [2.75, 3.05) is 0 Å². The van der Waals surface area contributed by atoms with Crippen LogP contribution in [0.25, 0.3) is 0 Å². The lowest BCUT2D eigenvalue weighted by Crippen LogP contribution is -2.54. The van der Waals surface area contributed by atoms with Gasteiger partial charge in [-0.1, -0.05) is 42.5 Å². The van der Waals surface area contributed by atoms with Crippen LogP contribution >= 0.6 is 0 Å². The molecule has 1 heterocycles. The highest BCUT2D eigenvalue weighted by atomic mass is 16.5. The summed E-state index contributed by atoms with van der Waals surface area (Å²) >= 11 is 0. The monoisotopic (exact) mass is 275 g/mol. The van der Waals surface area contributed by atoms with E-state index in [1.54, 1.807) is 0 Å². The molecule has 21 heavy (non-hydrogen) atoms. The van der Waals surface area contributed by atoms with E-state index in [1.807, 2.05) is 24.3 Å². The summed E-state index contributed by atoms with van der Waals surface area (Å²) in [4.78, 5) is 0. The molecule has 0 bridgehead atoms. The van der Waals surface area contributed by atoms with Crippen LogP contribution in [-0.4, -0.2) is 6.10 Å². The normalized spacial score (nSPS) is 30.2. The molecule has 2 nitrogen and oxygen atoms in total. The Morgan fingerprint density at radius 3 is 2.48 bits per heavy atom. The highest BCUT2D eigenvalue weighted by molar-refractivity contribution is 5.41. The van der Waals surface area contributed by atoms with Gasteiger partial charge in [0.25, 0.3) is 0 Å². The third kappa shape index (κ3) is 1.74. The lowest BCUT2D eigenvalue weighted by atomic mass is 9.66. The maximum absolute atomic E-state index is 8.94. The number of rotatable bonds is 2. The van der Waals surface area contributed by atoms with Gasteiger partial charge in [0.1, 0.15) is 0 Å². The molecule has 4 rings (SSSR count). The summed E-state index contributed by atoms with van der Waals surface area (Å²) in [6, 6.07) is 20.8. The van der Waals surface area contributed by atoms with Crippen LogP contribution in [0.2, 0.25) is 0 Å². The third-order valence-electron chi connectivity index (χ3n) is 5.05. The topological polar surface area (TPSA) is 33.0 Å². The van der Waals surface area contributed by atoms with Crippen molar-refractivity contribution < 1.29 is 4.74 Å². The number of ether oxygens (including phenoxy) is 1. The minimum Gasteiger partial charge on any atom is -0.368 e. The number of hydrogen-bond donors (Lipinski definition) is 0. The second-order valence-electron chi connectivity index (χ2n) is 6.04. The molecule has 0 amide bonds. The number of nitrogens with zero attached hydrogens (tertiary/aromatic N) is 1. The van der Waals surface area contributed by atoms with Crippen molar-refractivity contribution in [3.05, 3.63) is 71.3 Å². The van der Waals surface area contributed by atoms with Gasteiger partial charge in [0.05, 0.1) is 29.3 Å². The van der Waals surface area contributed by atoms with Gasteiger partial charge in [-0.25, -0.2) is 0 Å². The van der Waals surface area contributed by atoms with Crippen LogP contribution in [0, 0.1) is 11.3 Å². The number of hydrogen-bond acceptors (Lipinski definition) is 2. The van der Waals surface area contributed by atoms with Gasteiger partial charge in [-0.05, 0) is 42.5 Å². The van der Waals surface area contributed by atoms with Crippen molar-refractivity contribution in [2.45, 2.75) is 36.9 Å². The van der Waals surface area contributed by atoms with E-state index in [2.05, 4.69) is 36.4 Å². The average molecular weight is 275 g/mol. The first kappa shape index (κ1) is 12.6. The molecule has 0 radical (unpaired) electrons. The zero-order valence-corrected chi connectivity index (χ0v) is 11.8. The van der Waals surface area contributed by atoms with Crippen molar-refractivity contribution in [1.29, 1.82) is 5.26 Å². The summed E-state index contributed by atoms with van der Waals surface area (Å²) in [5.41, 5.74) is 3.43. The summed E-state index contributed by atoms with van der Waals surface area (Å²) < 4.78 is 6.20. The molecular weight excluding hydrogens is 258 g/mol.